The predicted octanol–water partition coefficient (Wildman–Crippen LogP) is 2.99. The third kappa shape index (κ3) is 3.23. The van der Waals surface area contributed by atoms with Crippen molar-refractivity contribution in [3.63, 3.8) is 0 Å². The molecule has 0 aliphatic carbocycles. The Hall–Kier alpha value is -0.880. The first-order valence-electron chi connectivity index (χ1n) is 6.70. The van der Waals surface area contributed by atoms with Crippen molar-refractivity contribution in [1.29, 1.82) is 0 Å². The molecule has 3 rings (SSSR count). The van der Waals surface area contributed by atoms with Gasteiger partial charge in [0.1, 0.15) is 0 Å². The Morgan fingerprint density at radius 1 is 1.55 bits per heavy atom. The van der Waals surface area contributed by atoms with Gasteiger partial charge < -0.3 is 10.3 Å². The van der Waals surface area contributed by atoms with Crippen molar-refractivity contribution >= 4 is 23.7 Å². The third-order valence-corrected chi connectivity index (χ3v) is 4.70. The molecule has 1 fully saturated rings. The number of nitrogens with zero attached hydrogens (tertiary/aromatic N) is 2. The fourth-order valence-corrected chi connectivity index (χ4v) is 3.41. The summed E-state index contributed by atoms with van der Waals surface area (Å²) in [6.07, 6.45) is 1.19. The predicted molar refractivity (Wildman–Crippen MR) is 84.1 cm³/mol. The molecular formula is C14H20ClN3OS. The van der Waals surface area contributed by atoms with Gasteiger partial charge in [-0.3, -0.25) is 4.90 Å². The van der Waals surface area contributed by atoms with Crippen LogP contribution in [-0.4, -0.2) is 29.2 Å². The summed E-state index contributed by atoms with van der Waals surface area (Å²) in [5.74, 6) is 1.49. The molecule has 20 heavy (non-hydrogen) atoms. The number of hydrogen-bond donors (Lipinski definition) is 1. The summed E-state index contributed by atoms with van der Waals surface area (Å²) < 4.78 is 5.42. The van der Waals surface area contributed by atoms with E-state index in [-0.39, 0.29) is 12.4 Å². The summed E-state index contributed by atoms with van der Waals surface area (Å²) in [7, 11) is 0. The Morgan fingerprint density at radius 3 is 3.05 bits per heavy atom. The van der Waals surface area contributed by atoms with Crippen LogP contribution in [0.5, 0.6) is 0 Å². The average Bonchev–Trinajstić information content (AvgIpc) is 3.11. The van der Waals surface area contributed by atoms with E-state index >= 15 is 0 Å². The molecule has 6 heteroatoms. The number of aromatic nitrogens is 1. The van der Waals surface area contributed by atoms with Gasteiger partial charge in [0.25, 0.3) is 0 Å². The molecule has 1 saturated heterocycles. The van der Waals surface area contributed by atoms with E-state index in [9.17, 15) is 0 Å². The largest absolute Gasteiger partial charge is 0.355 e. The molecule has 2 aromatic rings. The summed E-state index contributed by atoms with van der Waals surface area (Å²) in [6, 6.07) is 6.71. The van der Waals surface area contributed by atoms with Crippen LogP contribution >= 0.6 is 23.7 Å². The number of halogens is 1. The van der Waals surface area contributed by atoms with E-state index in [1.807, 2.05) is 17.5 Å². The first-order valence-corrected chi connectivity index (χ1v) is 7.58. The van der Waals surface area contributed by atoms with Gasteiger partial charge in [-0.2, -0.15) is 0 Å². The van der Waals surface area contributed by atoms with Crippen molar-refractivity contribution in [2.75, 3.05) is 13.1 Å². The van der Waals surface area contributed by atoms with Crippen LogP contribution in [-0.2, 0) is 6.54 Å². The number of hydrogen-bond acceptors (Lipinski definition) is 5. The fraction of sp³-hybridized carbons (Fsp3) is 0.500. The maximum atomic E-state index is 5.76. The quantitative estimate of drug-likeness (QED) is 0.942. The van der Waals surface area contributed by atoms with E-state index in [0.717, 1.165) is 36.0 Å². The van der Waals surface area contributed by atoms with Gasteiger partial charge in [-0.05, 0) is 37.3 Å². The van der Waals surface area contributed by atoms with Crippen molar-refractivity contribution in [2.24, 2.45) is 11.7 Å². The molecule has 0 radical (unpaired) electrons. The molecule has 0 aromatic carbocycles. The summed E-state index contributed by atoms with van der Waals surface area (Å²) in [5, 5.41) is 6.23. The van der Waals surface area contributed by atoms with Crippen LogP contribution in [0, 0.1) is 5.92 Å². The van der Waals surface area contributed by atoms with Crippen LogP contribution in [0.4, 0.5) is 0 Å². The van der Waals surface area contributed by atoms with Crippen LogP contribution in [0.25, 0.3) is 10.6 Å². The Balaban J connectivity index is 0.00000147. The minimum absolute atomic E-state index is 0. The highest BCUT2D eigenvalue weighted by molar-refractivity contribution is 7.13. The van der Waals surface area contributed by atoms with Gasteiger partial charge in [-0.25, -0.2) is 0 Å². The molecule has 0 spiro atoms. The summed E-state index contributed by atoms with van der Waals surface area (Å²) >= 11 is 1.67. The van der Waals surface area contributed by atoms with E-state index in [4.69, 9.17) is 10.3 Å². The number of likely N-dealkylation sites (tertiary alicyclic amines) is 1. The second-order valence-electron chi connectivity index (χ2n) is 5.28. The Morgan fingerprint density at radius 2 is 2.40 bits per heavy atom. The Labute approximate surface area is 129 Å². The van der Waals surface area contributed by atoms with E-state index < -0.39 is 0 Å². The molecule has 2 aromatic heterocycles. The third-order valence-electron chi connectivity index (χ3n) is 3.81. The van der Waals surface area contributed by atoms with Gasteiger partial charge in [0.05, 0.1) is 10.6 Å². The average molecular weight is 314 g/mol. The van der Waals surface area contributed by atoms with Gasteiger partial charge in [0.2, 0.25) is 0 Å². The van der Waals surface area contributed by atoms with Crippen LogP contribution in [0.1, 0.15) is 19.0 Å². The lowest BCUT2D eigenvalue weighted by atomic mass is 10.1. The maximum absolute atomic E-state index is 5.76. The second-order valence-corrected chi connectivity index (χ2v) is 6.22. The molecular weight excluding hydrogens is 294 g/mol. The highest BCUT2D eigenvalue weighted by Crippen LogP contribution is 2.27. The van der Waals surface area contributed by atoms with Crippen LogP contribution in [0.3, 0.4) is 0 Å². The molecule has 110 valence electrons. The zero-order valence-corrected chi connectivity index (χ0v) is 13.1. The molecule has 0 bridgehead atoms. The molecule has 0 saturated carbocycles. The van der Waals surface area contributed by atoms with Crippen molar-refractivity contribution in [1.82, 2.24) is 10.1 Å². The Kier molecular flexibility index (Phi) is 5.21. The summed E-state index contributed by atoms with van der Waals surface area (Å²) in [6.45, 7) is 4.96. The minimum Gasteiger partial charge on any atom is -0.355 e. The fourth-order valence-electron chi connectivity index (χ4n) is 2.74. The molecule has 2 atom stereocenters. The molecule has 2 unspecified atom stereocenters. The zero-order valence-electron chi connectivity index (χ0n) is 11.5. The van der Waals surface area contributed by atoms with E-state index in [0.29, 0.717) is 12.0 Å². The molecule has 0 amide bonds. The maximum Gasteiger partial charge on any atom is 0.177 e. The first kappa shape index (κ1) is 15.5. The van der Waals surface area contributed by atoms with Gasteiger partial charge >= 0.3 is 0 Å². The van der Waals surface area contributed by atoms with Crippen molar-refractivity contribution in [3.8, 4) is 10.6 Å². The summed E-state index contributed by atoms with van der Waals surface area (Å²) in [5.41, 5.74) is 6.77. The van der Waals surface area contributed by atoms with Crippen LogP contribution < -0.4 is 5.73 Å². The highest BCUT2D eigenvalue weighted by atomic mass is 35.5. The van der Waals surface area contributed by atoms with Gasteiger partial charge in [0, 0.05) is 25.2 Å². The topological polar surface area (TPSA) is 55.3 Å². The molecule has 2 N–H and O–H groups in total. The van der Waals surface area contributed by atoms with E-state index in [2.05, 4.69) is 23.0 Å². The molecule has 4 nitrogen and oxygen atoms in total. The van der Waals surface area contributed by atoms with E-state index in [1.54, 1.807) is 11.3 Å². The van der Waals surface area contributed by atoms with Gasteiger partial charge in [0.15, 0.2) is 5.76 Å². The Bertz CT molecular complexity index is 528. The lowest BCUT2D eigenvalue weighted by Gasteiger charge is -2.19. The van der Waals surface area contributed by atoms with Crippen LogP contribution in [0.2, 0.25) is 0 Å². The normalized spacial score (nSPS) is 22.9. The van der Waals surface area contributed by atoms with Crippen molar-refractivity contribution < 1.29 is 4.52 Å². The standard InChI is InChI=1S/C14H19N3OS.ClH/c1-10-5-11(7-15)8-17(10)9-12-6-13(18-16-12)14-3-2-4-19-14;/h2-4,6,10-11H,5,7-9,15H2,1H3;1H. The second kappa shape index (κ2) is 6.72. The smallest absolute Gasteiger partial charge is 0.177 e. The number of thiophene rings is 1. The first-order chi connectivity index (χ1) is 9.26. The minimum atomic E-state index is 0. The molecule has 1 aliphatic rings. The summed E-state index contributed by atoms with van der Waals surface area (Å²) in [4.78, 5) is 3.57. The highest BCUT2D eigenvalue weighted by Gasteiger charge is 2.28. The van der Waals surface area contributed by atoms with Gasteiger partial charge in [-0.1, -0.05) is 11.2 Å². The molecule has 3 heterocycles. The van der Waals surface area contributed by atoms with Crippen LogP contribution in [0.15, 0.2) is 28.1 Å². The number of rotatable bonds is 4. The van der Waals surface area contributed by atoms with Gasteiger partial charge in [-0.15, -0.1) is 23.7 Å². The SMILES string of the molecule is CC1CC(CN)CN1Cc1cc(-c2cccs2)on1.Cl. The van der Waals surface area contributed by atoms with Crippen molar-refractivity contribution in [2.45, 2.75) is 25.9 Å². The zero-order chi connectivity index (χ0) is 13.2. The van der Waals surface area contributed by atoms with Crippen molar-refractivity contribution in [3.05, 3.63) is 29.3 Å². The molecule has 1 aliphatic heterocycles. The lowest BCUT2D eigenvalue weighted by molar-refractivity contribution is 0.247. The van der Waals surface area contributed by atoms with E-state index in [1.165, 1.54) is 6.42 Å². The lowest BCUT2D eigenvalue weighted by Crippen LogP contribution is -2.27. The monoisotopic (exact) mass is 313 g/mol. The number of nitrogens with two attached hydrogens (primary N) is 1.